The number of carbonyl (C=O) groups excluding carboxylic acids is 3. The van der Waals surface area contributed by atoms with Gasteiger partial charge in [-0.15, -0.1) is 0 Å². The predicted octanol–water partition coefficient (Wildman–Crippen LogP) is 5.56. The fourth-order valence-electron chi connectivity index (χ4n) is 5.09. The van der Waals surface area contributed by atoms with Gasteiger partial charge in [0.25, 0.3) is 17.5 Å². The summed E-state index contributed by atoms with van der Waals surface area (Å²) in [5.74, 6) is -1.21. The van der Waals surface area contributed by atoms with Gasteiger partial charge in [-0.1, -0.05) is 24.6 Å². The summed E-state index contributed by atoms with van der Waals surface area (Å²) >= 11 is 1.50. The van der Waals surface area contributed by atoms with Crippen molar-refractivity contribution in [3.63, 3.8) is 0 Å². The summed E-state index contributed by atoms with van der Waals surface area (Å²) in [6.07, 6.45) is 5.01. The van der Waals surface area contributed by atoms with Crippen LogP contribution in [0.5, 0.6) is 0 Å². The quantitative estimate of drug-likeness (QED) is 0.193. The van der Waals surface area contributed by atoms with Gasteiger partial charge >= 0.3 is 6.03 Å². The van der Waals surface area contributed by atoms with Gasteiger partial charge in [0.1, 0.15) is 5.57 Å². The largest absolute Gasteiger partial charge is 0.331 e. The van der Waals surface area contributed by atoms with Crippen LogP contribution in [0.15, 0.2) is 70.0 Å². The van der Waals surface area contributed by atoms with Gasteiger partial charge in [0, 0.05) is 45.0 Å². The van der Waals surface area contributed by atoms with Crippen molar-refractivity contribution in [3.05, 3.63) is 87.2 Å². The predicted molar refractivity (Wildman–Crippen MR) is 143 cm³/mol. The highest BCUT2D eigenvalue weighted by Gasteiger charge is 2.40. The Bertz CT molecular complexity index is 1470. The number of aromatic nitrogens is 1. The Morgan fingerprint density at radius 1 is 0.974 bits per heavy atom. The third-order valence-corrected chi connectivity index (χ3v) is 7.99. The number of nitrogens with one attached hydrogen (secondary N) is 1. The Labute approximate surface area is 223 Å². The van der Waals surface area contributed by atoms with Gasteiger partial charge in [-0.3, -0.25) is 29.9 Å². The number of aryl methyl sites for hydroxylation is 1. The van der Waals surface area contributed by atoms with E-state index in [0.717, 1.165) is 58.1 Å². The Morgan fingerprint density at radius 2 is 1.58 bits per heavy atom. The number of hydrogen-bond donors (Lipinski definition) is 1. The van der Waals surface area contributed by atoms with Crippen LogP contribution in [0, 0.1) is 24.0 Å². The Hall–Kier alpha value is -4.18. The van der Waals surface area contributed by atoms with Crippen molar-refractivity contribution in [2.45, 2.75) is 55.4 Å². The molecule has 0 radical (unpaired) electrons. The van der Waals surface area contributed by atoms with Crippen LogP contribution in [0.25, 0.3) is 11.8 Å². The molecular formula is C28H26N4O5S. The van der Waals surface area contributed by atoms with E-state index >= 15 is 0 Å². The molecule has 1 aromatic heterocycles. The number of non-ortho nitro benzene ring substituents is 1. The molecule has 1 aliphatic carbocycles. The minimum absolute atomic E-state index is 0.0356. The van der Waals surface area contributed by atoms with E-state index in [2.05, 4.69) is 5.32 Å². The van der Waals surface area contributed by atoms with Crippen molar-refractivity contribution in [2.24, 2.45) is 0 Å². The monoisotopic (exact) mass is 530 g/mol. The number of nitro benzene ring substituents is 1. The highest BCUT2D eigenvalue weighted by molar-refractivity contribution is 7.99. The third kappa shape index (κ3) is 4.87. The molecule has 0 unspecified atom stereocenters. The Morgan fingerprint density at radius 3 is 2.18 bits per heavy atom. The molecule has 1 saturated carbocycles. The first kappa shape index (κ1) is 25.5. The number of benzene rings is 2. The summed E-state index contributed by atoms with van der Waals surface area (Å²) in [4.78, 5) is 51.7. The first-order chi connectivity index (χ1) is 18.2. The van der Waals surface area contributed by atoms with E-state index in [1.54, 1.807) is 18.2 Å². The Balaban J connectivity index is 1.38. The molecule has 9 nitrogen and oxygen atoms in total. The summed E-state index contributed by atoms with van der Waals surface area (Å²) < 4.78 is 2.04. The molecule has 1 saturated heterocycles. The van der Waals surface area contributed by atoms with Gasteiger partial charge in [-0.2, -0.15) is 0 Å². The van der Waals surface area contributed by atoms with Crippen molar-refractivity contribution in [1.29, 1.82) is 0 Å². The molecule has 1 aliphatic heterocycles. The van der Waals surface area contributed by atoms with Crippen molar-refractivity contribution < 1.29 is 19.3 Å². The second-order valence-electron chi connectivity index (χ2n) is 9.44. The van der Waals surface area contributed by atoms with Gasteiger partial charge in [0.05, 0.1) is 4.92 Å². The number of carbonyl (C=O) groups is 3. The fraction of sp³-hybridized carbons (Fsp3) is 0.250. The van der Waals surface area contributed by atoms with Gasteiger partial charge in [0.15, 0.2) is 0 Å². The number of amides is 4. The van der Waals surface area contributed by atoms with E-state index in [0.29, 0.717) is 0 Å². The zero-order chi connectivity index (χ0) is 27.0. The first-order valence-electron chi connectivity index (χ1n) is 12.3. The summed E-state index contributed by atoms with van der Waals surface area (Å²) in [5.41, 5.74) is 3.45. The smallest absolute Gasteiger partial charge is 0.318 e. The standard InChI is InChI=1S/C28H26N4O5S/c1-17-15-19(16-25-26(33)29-28(35)31(27(25)34)20-5-3-4-6-20)18(2)30(17)21-7-11-23(12-8-21)38-24-13-9-22(10-14-24)32(36)37/h7-16,20H,3-6H2,1-2H3,(H,29,33,35)/b25-16-. The lowest BCUT2D eigenvalue weighted by atomic mass is 10.1. The lowest BCUT2D eigenvalue weighted by Crippen LogP contribution is -2.57. The molecule has 3 aromatic rings. The van der Waals surface area contributed by atoms with Gasteiger partial charge < -0.3 is 4.57 Å². The van der Waals surface area contributed by atoms with Crippen molar-refractivity contribution in [1.82, 2.24) is 14.8 Å². The SMILES string of the molecule is Cc1cc(/C=C2/C(=O)NC(=O)N(C3CCCC3)C2=O)c(C)n1-c1ccc(Sc2ccc([N+](=O)[O-])cc2)cc1. The number of nitro groups is 1. The number of nitrogens with zero attached hydrogens (tertiary/aromatic N) is 3. The molecule has 194 valence electrons. The van der Waals surface area contributed by atoms with E-state index in [-0.39, 0.29) is 17.3 Å². The van der Waals surface area contributed by atoms with E-state index in [4.69, 9.17) is 0 Å². The Kier molecular flexibility index (Phi) is 6.90. The highest BCUT2D eigenvalue weighted by Crippen LogP contribution is 2.32. The van der Waals surface area contributed by atoms with Crippen molar-refractivity contribution in [3.8, 4) is 5.69 Å². The molecule has 0 atom stereocenters. The number of imide groups is 2. The molecule has 2 fully saturated rings. The molecule has 2 aromatic carbocycles. The normalized spacial score (nSPS) is 17.4. The molecule has 38 heavy (non-hydrogen) atoms. The van der Waals surface area contributed by atoms with Crippen LogP contribution in [0.2, 0.25) is 0 Å². The van der Waals surface area contributed by atoms with Crippen LogP contribution in [0.1, 0.15) is 42.6 Å². The molecule has 0 spiro atoms. The fourth-order valence-corrected chi connectivity index (χ4v) is 5.90. The maximum Gasteiger partial charge on any atom is 0.331 e. The van der Waals surface area contributed by atoms with Gasteiger partial charge in [-0.05, 0) is 80.8 Å². The highest BCUT2D eigenvalue weighted by atomic mass is 32.2. The van der Waals surface area contributed by atoms with Crippen LogP contribution in [0.3, 0.4) is 0 Å². The lowest BCUT2D eigenvalue weighted by Gasteiger charge is -2.31. The van der Waals surface area contributed by atoms with Crippen molar-refractivity contribution in [2.75, 3.05) is 0 Å². The van der Waals surface area contributed by atoms with Crippen LogP contribution in [-0.4, -0.2) is 38.3 Å². The molecule has 5 rings (SSSR count). The average molecular weight is 531 g/mol. The number of barbiturate groups is 1. The van der Waals surface area contributed by atoms with Gasteiger partial charge in [-0.25, -0.2) is 4.79 Å². The molecule has 2 aliphatic rings. The maximum atomic E-state index is 13.2. The summed E-state index contributed by atoms with van der Waals surface area (Å²) in [5, 5.41) is 13.2. The maximum absolute atomic E-state index is 13.2. The second-order valence-corrected chi connectivity index (χ2v) is 10.6. The van der Waals surface area contributed by atoms with E-state index in [9.17, 15) is 24.5 Å². The molecule has 1 N–H and O–H groups in total. The zero-order valence-electron chi connectivity index (χ0n) is 21.0. The number of rotatable bonds is 6. The molecular weight excluding hydrogens is 504 g/mol. The average Bonchev–Trinajstić information content (AvgIpc) is 3.50. The molecule has 10 heteroatoms. The van der Waals surface area contributed by atoms with Crippen LogP contribution in [-0.2, 0) is 9.59 Å². The zero-order valence-corrected chi connectivity index (χ0v) is 21.8. The third-order valence-electron chi connectivity index (χ3n) is 6.97. The topological polar surface area (TPSA) is 115 Å². The molecule has 4 amide bonds. The van der Waals surface area contributed by atoms with E-state index in [1.165, 1.54) is 28.8 Å². The molecule has 0 bridgehead atoms. The van der Waals surface area contributed by atoms with Crippen LogP contribution < -0.4 is 5.32 Å². The summed E-state index contributed by atoms with van der Waals surface area (Å²) in [6.45, 7) is 3.87. The number of urea groups is 1. The summed E-state index contributed by atoms with van der Waals surface area (Å²) in [6, 6.07) is 15.4. The van der Waals surface area contributed by atoms with Crippen molar-refractivity contribution >= 4 is 41.4 Å². The second kappa shape index (κ2) is 10.3. The van der Waals surface area contributed by atoms with Crippen LogP contribution >= 0.6 is 11.8 Å². The van der Waals surface area contributed by atoms with E-state index < -0.39 is 22.8 Å². The minimum atomic E-state index is -0.674. The summed E-state index contributed by atoms with van der Waals surface area (Å²) in [7, 11) is 0. The molecule has 2 heterocycles. The van der Waals surface area contributed by atoms with Crippen LogP contribution in [0.4, 0.5) is 10.5 Å². The number of hydrogen-bond acceptors (Lipinski definition) is 6. The lowest BCUT2D eigenvalue weighted by molar-refractivity contribution is -0.384. The van der Waals surface area contributed by atoms with Gasteiger partial charge in [0.2, 0.25) is 0 Å². The first-order valence-corrected chi connectivity index (χ1v) is 13.2. The van der Waals surface area contributed by atoms with E-state index in [1.807, 2.05) is 48.7 Å². The minimum Gasteiger partial charge on any atom is -0.318 e.